The van der Waals surface area contributed by atoms with E-state index in [0.717, 1.165) is 25.1 Å². The molecule has 2 aromatic heterocycles. The topological polar surface area (TPSA) is 75.9 Å². The number of nitrogens with zero attached hydrogens (tertiary/aromatic N) is 5. The molecule has 1 N–H and O–H groups in total. The molecular weight excluding hydrogens is 452 g/mol. The summed E-state index contributed by atoms with van der Waals surface area (Å²) in [5, 5.41) is 11.2. The predicted molar refractivity (Wildman–Crippen MR) is 117 cm³/mol. The van der Waals surface area contributed by atoms with Gasteiger partial charge in [-0.25, -0.2) is 9.37 Å². The summed E-state index contributed by atoms with van der Waals surface area (Å²) in [6, 6.07) is 4.74. The third kappa shape index (κ3) is 4.87. The number of rotatable bonds is 5. The zero-order valence-corrected chi connectivity index (χ0v) is 18.7. The van der Waals surface area contributed by atoms with Crippen LogP contribution in [0.25, 0.3) is 5.69 Å². The predicted octanol–water partition coefficient (Wildman–Crippen LogP) is 4.48. The number of piperidine rings is 1. The van der Waals surface area contributed by atoms with Gasteiger partial charge >= 0.3 is 6.18 Å². The summed E-state index contributed by atoms with van der Waals surface area (Å²) in [5.74, 6) is -0.332. The summed E-state index contributed by atoms with van der Waals surface area (Å²) in [6.07, 6.45) is 0.906. The molecule has 1 aliphatic rings. The molecule has 1 amide bonds. The Morgan fingerprint density at radius 3 is 2.59 bits per heavy atom. The minimum atomic E-state index is -4.46. The normalized spacial score (nSPS) is 18.7. The number of halogens is 4. The van der Waals surface area contributed by atoms with E-state index >= 15 is 0 Å². The van der Waals surface area contributed by atoms with E-state index in [1.54, 1.807) is 11.8 Å². The first-order valence-electron chi connectivity index (χ1n) is 10.9. The molecule has 0 radical (unpaired) electrons. The van der Waals surface area contributed by atoms with Gasteiger partial charge in [0, 0.05) is 25.4 Å². The highest BCUT2D eigenvalue weighted by Gasteiger charge is 2.34. The number of anilines is 1. The number of carbonyl (C=O) groups excluding carboxylic acids is 1. The van der Waals surface area contributed by atoms with Crippen LogP contribution in [0.15, 0.2) is 42.9 Å². The van der Waals surface area contributed by atoms with Crippen molar-refractivity contribution in [3.8, 4) is 5.69 Å². The van der Waals surface area contributed by atoms with E-state index in [-0.39, 0.29) is 34.9 Å². The Kier molecular flexibility index (Phi) is 6.54. The Hall–Kier alpha value is -3.50. The summed E-state index contributed by atoms with van der Waals surface area (Å²) in [6.45, 7) is 4.41. The van der Waals surface area contributed by atoms with Gasteiger partial charge in [0.2, 0.25) is 0 Å². The van der Waals surface area contributed by atoms with Crippen LogP contribution in [-0.2, 0) is 6.18 Å². The molecule has 0 aliphatic carbocycles. The highest BCUT2D eigenvalue weighted by Crippen LogP contribution is 2.30. The number of aromatic nitrogens is 4. The first-order valence-corrected chi connectivity index (χ1v) is 10.9. The molecule has 11 heteroatoms. The quantitative estimate of drug-likeness (QED) is 0.550. The lowest BCUT2D eigenvalue weighted by Crippen LogP contribution is -2.51. The standard InChI is InChI=1S/C23H24F4N6O/c1-14-4-3-9-32(20(14)13-29-21-6-5-16(12-28-21)23(25,26)27)22(34)17-10-15(2)18(24)11-19(17)33-30-7-8-31-33/h5-8,10-12,14,20H,3-4,9,13H2,1-2H3,(H,28,29). The zero-order valence-electron chi connectivity index (χ0n) is 18.7. The van der Waals surface area contributed by atoms with Crippen molar-refractivity contribution in [2.24, 2.45) is 5.92 Å². The lowest BCUT2D eigenvalue weighted by Gasteiger charge is -2.40. The summed E-state index contributed by atoms with van der Waals surface area (Å²) in [4.78, 5) is 20.5. The van der Waals surface area contributed by atoms with Crippen LogP contribution < -0.4 is 5.32 Å². The number of aryl methyl sites for hydroxylation is 1. The minimum Gasteiger partial charge on any atom is -0.368 e. The summed E-state index contributed by atoms with van der Waals surface area (Å²) >= 11 is 0. The highest BCUT2D eigenvalue weighted by atomic mass is 19.4. The molecule has 1 aromatic carbocycles. The van der Waals surface area contributed by atoms with Gasteiger partial charge in [0.05, 0.1) is 29.6 Å². The average molecular weight is 476 g/mol. The average Bonchev–Trinajstić information content (AvgIpc) is 3.34. The molecule has 0 saturated carbocycles. The molecule has 2 atom stereocenters. The fourth-order valence-corrected chi connectivity index (χ4v) is 4.19. The molecule has 7 nitrogen and oxygen atoms in total. The largest absolute Gasteiger partial charge is 0.417 e. The Balaban J connectivity index is 1.58. The van der Waals surface area contributed by atoms with E-state index in [1.165, 1.54) is 35.4 Å². The van der Waals surface area contributed by atoms with Crippen molar-refractivity contribution in [2.45, 2.75) is 38.9 Å². The van der Waals surface area contributed by atoms with E-state index in [1.807, 2.05) is 6.92 Å². The smallest absolute Gasteiger partial charge is 0.368 e. The van der Waals surface area contributed by atoms with Crippen molar-refractivity contribution in [1.29, 1.82) is 0 Å². The number of alkyl halides is 3. The van der Waals surface area contributed by atoms with Crippen LogP contribution in [0.2, 0.25) is 0 Å². The van der Waals surface area contributed by atoms with Gasteiger partial charge in [0.25, 0.3) is 5.91 Å². The first-order chi connectivity index (χ1) is 16.1. The number of pyridine rings is 1. The third-order valence-electron chi connectivity index (χ3n) is 6.10. The maximum atomic E-state index is 14.3. The number of benzene rings is 1. The fourth-order valence-electron chi connectivity index (χ4n) is 4.19. The van der Waals surface area contributed by atoms with Crippen LogP contribution >= 0.6 is 0 Å². The number of nitrogens with one attached hydrogen (secondary N) is 1. The minimum absolute atomic E-state index is 0.132. The van der Waals surface area contributed by atoms with E-state index in [9.17, 15) is 22.4 Å². The second kappa shape index (κ2) is 9.40. The second-order valence-corrected chi connectivity index (χ2v) is 8.43. The summed E-state index contributed by atoms with van der Waals surface area (Å²) in [5.41, 5.74) is 0.0227. The summed E-state index contributed by atoms with van der Waals surface area (Å²) in [7, 11) is 0. The van der Waals surface area contributed by atoms with E-state index in [4.69, 9.17) is 0 Å². The Labute approximate surface area is 193 Å². The molecule has 180 valence electrons. The second-order valence-electron chi connectivity index (χ2n) is 8.43. The SMILES string of the molecule is Cc1cc(C(=O)N2CCCC(C)C2CNc2ccc(C(F)(F)F)cn2)c(-n2nccn2)cc1F. The van der Waals surface area contributed by atoms with Gasteiger partial charge in [0.15, 0.2) is 0 Å². The van der Waals surface area contributed by atoms with Crippen LogP contribution in [0.1, 0.15) is 41.3 Å². The van der Waals surface area contributed by atoms with Crippen LogP contribution in [0.3, 0.4) is 0 Å². The van der Waals surface area contributed by atoms with E-state index in [0.29, 0.717) is 18.7 Å². The van der Waals surface area contributed by atoms with Gasteiger partial charge in [-0.2, -0.15) is 28.2 Å². The van der Waals surface area contributed by atoms with Gasteiger partial charge in [-0.05, 0) is 49.4 Å². The van der Waals surface area contributed by atoms with E-state index < -0.39 is 17.6 Å². The number of amides is 1. The summed E-state index contributed by atoms with van der Waals surface area (Å²) < 4.78 is 52.7. The van der Waals surface area contributed by atoms with Gasteiger partial charge in [-0.3, -0.25) is 4.79 Å². The number of hydrogen-bond donors (Lipinski definition) is 1. The highest BCUT2D eigenvalue weighted by molar-refractivity contribution is 5.98. The van der Waals surface area contributed by atoms with Gasteiger partial charge < -0.3 is 10.2 Å². The van der Waals surface area contributed by atoms with Gasteiger partial charge in [0.1, 0.15) is 17.3 Å². The molecule has 34 heavy (non-hydrogen) atoms. The van der Waals surface area contributed by atoms with Crippen molar-refractivity contribution >= 4 is 11.7 Å². The molecule has 3 aromatic rings. The molecule has 0 spiro atoms. The van der Waals surface area contributed by atoms with Crippen molar-refractivity contribution in [3.63, 3.8) is 0 Å². The molecule has 0 bridgehead atoms. The van der Waals surface area contributed by atoms with Crippen LogP contribution in [-0.4, -0.2) is 49.9 Å². The maximum Gasteiger partial charge on any atom is 0.417 e. The van der Waals surface area contributed by atoms with Gasteiger partial charge in [-0.1, -0.05) is 6.92 Å². The lowest BCUT2D eigenvalue weighted by atomic mass is 9.89. The van der Waals surface area contributed by atoms with Crippen LogP contribution in [0.5, 0.6) is 0 Å². The van der Waals surface area contributed by atoms with Gasteiger partial charge in [-0.15, -0.1) is 0 Å². The molecule has 2 unspecified atom stereocenters. The maximum absolute atomic E-state index is 14.3. The Morgan fingerprint density at radius 1 is 1.21 bits per heavy atom. The van der Waals surface area contributed by atoms with Crippen molar-refractivity contribution in [3.05, 3.63) is 65.4 Å². The van der Waals surface area contributed by atoms with Crippen molar-refractivity contribution < 1.29 is 22.4 Å². The zero-order chi connectivity index (χ0) is 24.5. The van der Waals surface area contributed by atoms with Crippen LogP contribution in [0, 0.1) is 18.7 Å². The molecule has 3 heterocycles. The Bertz CT molecular complexity index is 1150. The van der Waals surface area contributed by atoms with Crippen LogP contribution in [0.4, 0.5) is 23.4 Å². The number of hydrogen-bond acceptors (Lipinski definition) is 5. The van der Waals surface area contributed by atoms with Crippen molar-refractivity contribution in [1.82, 2.24) is 24.9 Å². The molecule has 1 aliphatic heterocycles. The van der Waals surface area contributed by atoms with Crippen molar-refractivity contribution in [2.75, 3.05) is 18.4 Å². The molecule has 4 rings (SSSR count). The molecular formula is C23H24F4N6O. The monoisotopic (exact) mass is 476 g/mol. The van der Waals surface area contributed by atoms with E-state index in [2.05, 4.69) is 20.5 Å². The third-order valence-corrected chi connectivity index (χ3v) is 6.10. The lowest BCUT2D eigenvalue weighted by molar-refractivity contribution is -0.137. The molecule has 1 saturated heterocycles. The Morgan fingerprint density at radius 2 is 1.94 bits per heavy atom. The molecule has 1 fully saturated rings. The first kappa shape index (κ1) is 23.7. The number of likely N-dealkylation sites (tertiary alicyclic amines) is 1. The fraction of sp³-hybridized carbons (Fsp3) is 0.391. The number of carbonyl (C=O) groups is 1.